The molecule has 0 spiro atoms. The number of hydrogen-bond donors (Lipinski definition) is 2. The molecule has 1 unspecified atom stereocenters. The van der Waals surface area contributed by atoms with E-state index in [2.05, 4.69) is 0 Å². The number of rotatable bonds is 2. The summed E-state index contributed by atoms with van der Waals surface area (Å²) in [5, 5.41) is 0. The minimum Gasteiger partial charge on any atom is -0.341 e. The van der Waals surface area contributed by atoms with Crippen LogP contribution in [0.25, 0.3) is 0 Å². The van der Waals surface area contributed by atoms with Crippen LogP contribution in [-0.4, -0.2) is 35.5 Å². The molecule has 1 saturated heterocycles. The van der Waals surface area contributed by atoms with E-state index >= 15 is 0 Å². The first-order valence-electron chi connectivity index (χ1n) is 4.71. The molecule has 1 rings (SSSR count). The molecule has 0 bridgehead atoms. The molecule has 13 heavy (non-hydrogen) atoms. The van der Waals surface area contributed by atoms with Crippen molar-refractivity contribution in [2.75, 3.05) is 13.1 Å². The van der Waals surface area contributed by atoms with E-state index in [1.165, 1.54) is 0 Å². The van der Waals surface area contributed by atoms with Crippen LogP contribution in [0, 0.1) is 0 Å². The molecule has 1 aliphatic rings. The molecule has 4 heteroatoms. The smallest absolute Gasteiger partial charge is 0.224 e. The van der Waals surface area contributed by atoms with Crippen LogP contribution in [0.15, 0.2) is 0 Å². The highest BCUT2D eigenvalue weighted by Crippen LogP contribution is 2.12. The summed E-state index contributed by atoms with van der Waals surface area (Å²) in [6, 6.07) is 0.157. The number of carbonyl (C=O) groups excluding carboxylic acids is 1. The third kappa shape index (κ3) is 3.32. The van der Waals surface area contributed by atoms with Gasteiger partial charge >= 0.3 is 0 Å². The minimum absolute atomic E-state index is 0.125. The monoisotopic (exact) mass is 185 g/mol. The molecular weight excluding hydrogens is 166 g/mol. The van der Waals surface area contributed by atoms with E-state index in [1.807, 2.05) is 13.8 Å². The molecular formula is C9H19N3O. The minimum atomic E-state index is -0.413. The SMILES string of the molecule is CC(C)(N)CC(=O)N1CCC(N)C1. The molecule has 1 heterocycles. The van der Waals surface area contributed by atoms with Gasteiger partial charge in [-0.1, -0.05) is 0 Å². The Morgan fingerprint density at radius 3 is 2.62 bits per heavy atom. The molecule has 1 amide bonds. The number of nitrogens with zero attached hydrogens (tertiary/aromatic N) is 1. The van der Waals surface area contributed by atoms with Gasteiger partial charge in [-0.25, -0.2) is 0 Å². The zero-order chi connectivity index (χ0) is 10.1. The Bertz CT molecular complexity index is 198. The summed E-state index contributed by atoms with van der Waals surface area (Å²) in [4.78, 5) is 13.4. The zero-order valence-electron chi connectivity index (χ0n) is 8.42. The van der Waals surface area contributed by atoms with Crippen LogP contribution >= 0.6 is 0 Å². The average Bonchev–Trinajstić information content (AvgIpc) is 2.31. The highest BCUT2D eigenvalue weighted by atomic mass is 16.2. The lowest BCUT2D eigenvalue weighted by Gasteiger charge is -2.22. The topological polar surface area (TPSA) is 72.4 Å². The van der Waals surface area contributed by atoms with Crippen molar-refractivity contribution < 1.29 is 4.79 Å². The molecule has 0 aromatic carbocycles. The quantitative estimate of drug-likeness (QED) is 0.619. The molecule has 4 N–H and O–H groups in total. The van der Waals surface area contributed by atoms with Crippen molar-refractivity contribution in [3.63, 3.8) is 0 Å². The Labute approximate surface area is 79.3 Å². The Morgan fingerprint density at radius 1 is 1.62 bits per heavy atom. The van der Waals surface area contributed by atoms with Crippen LogP contribution < -0.4 is 11.5 Å². The van der Waals surface area contributed by atoms with Crippen molar-refractivity contribution in [2.24, 2.45) is 11.5 Å². The molecule has 0 aromatic heterocycles. The number of carbonyl (C=O) groups is 1. The summed E-state index contributed by atoms with van der Waals surface area (Å²) in [6.07, 6.45) is 1.32. The maximum absolute atomic E-state index is 11.6. The molecule has 1 fully saturated rings. The molecule has 0 aliphatic carbocycles. The van der Waals surface area contributed by atoms with Crippen molar-refractivity contribution in [3.8, 4) is 0 Å². The number of nitrogens with two attached hydrogens (primary N) is 2. The van der Waals surface area contributed by atoms with E-state index in [9.17, 15) is 4.79 Å². The van der Waals surface area contributed by atoms with Gasteiger partial charge in [0.25, 0.3) is 0 Å². The molecule has 0 aromatic rings. The van der Waals surface area contributed by atoms with E-state index in [4.69, 9.17) is 11.5 Å². The zero-order valence-corrected chi connectivity index (χ0v) is 8.42. The Hall–Kier alpha value is -0.610. The normalized spacial score (nSPS) is 23.7. The first-order valence-corrected chi connectivity index (χ1v) is 4.71. The third-order valence-corrected chi connectivity index (χ3v) is 2.18. The first kappa shape index (κ1) is 10.5. The van der Waals surface area contributed by atoms with Gasteiger partial charge in [-0.3, -0.25) is 4.79 Å². The summed E-state index contributed by atoms with van der Waals surface area (Å²) < 4.78 is 0. The second kappa shape index (κ2) is 3.64. The van der Waals surface area contributed by atoms with E-state index in [-0.39, 0.29) is 11.9 Å². The van der Waals surface area contributed by atoms with Crippen molar-refractivity contribution in [3.05, 3.63) is 0 Å². The lowest BCUT2D eigenvalue weighted by atomic mass is 10.0. The predicted octanol–water partition coefficient (Wildman–Crippen LogP) is -0.327. The number of amides is 1. The van der Waals surface area contributed by atoms with Crippen LogP contribution in [0.1, 0.15) is 26.7 Å². The van der Waals surface area contributed by atoms with Crippen LogP contribution in [0.2, 0.25) is 0 Å². The van der Waals surface area contributed by atoms with E-state index in [0.29, 0.717) is 13.0 Å². The summed E-state index contributed by atoms with van der Waals surface area (Å²) in [5.41, 5.74) is 11.0. The van der Waals surface area contributed by atoms with Crippen LogP contribution in [0.4, 0.5) is 0 Å². The summed E-state index contributed by atoms with van der Waals surface area (Å²) in [7, 11) is 0. The summed E-state index contributed by atoms with van der Waals surface area (Å²) >= 11 is 0. The average molecular weight is 185 g/mol. The van der Waals surface area contributed by atoms with Crippen LogP contribution in [-0.2, 0) is 4.79 Å². The lowest BCUT2D eigenvalue weighted by Crippen LogP contribution is -2.41. The van der Waals surface area contributed by atoms with Gasteiger partial charge < -0.3 is 16.4 Å². The Balaban J connectivity index is 2.41. The van der Waals surface area contributed by atoms with Gasteiger partial charge in [-0.05, 0) is 20.3 Å². The predicted molar refractivity (Wildman–Crippen MR) is 52.1 cm³/mol. The molecule has 0 radical (unpaired) electrons. The van der Waals surface area contributed by atoms with Crippen LogP contribution in [0.3, 0.4) is 0 Å². The molecule has 76 valence electrons. The second-order valence-corrected chi connectivity index (χ2v) is 4.55. The summed E-state index contributed by atoms with van der Waals surface area (Å²) in [5.74, 6) is 0.125. The molecule has 1 aliphatic heterocycles. The van der Waals surface area contributed by atoms with E-state index in [1.54, 1.807) is 4.90 Å². The van der Waals surface area contributed by atoms with Gasteiger partial charge in [-0.2, -0.15) is 0 Å². The number of likely N-dealkylation sites (tertiary alicyclic amines) is 1. The maximum atomic E-state index is 11.6. The van der Waals surface area contributed by atoms with Gasteiger partial charge in [0.05, 0.1) is 0 Å². The summed E-state index contributed by atoms with van der Waals surface area (Å²) in [6.45, 7) is 5.20. The highest BCUT2D eigenvalue weighted by Gasteiger charge is 2.26. The van der Waals surface area contributed by atoms with Crippen LogP contribution in [0.5, 0.6) is 0 Å². The second-order valence-electron chi connectivity index (χ2n) is 4.55. The first-order chi connectivity index (χ1) is 5.88. The number of hydrogen-bond acceptors (Lipinski definition) is 3. The van der Waals surface area contributed by atoms with Gasteiger partial charge in [-0.15, -0.1) is 0 Å². The van der Waals surface area contributed by atoms with E-state index < -0.39 is 5.54 Å². The van der Waals surface area contributed by atoms with Crippen molar-refractivity contribution in [2.45, 2.75) is 38.3 Å². The highest BCUT2D eigenvalue weighted by molar-refractivity contribution is 5.77. The van der Waals surface area contributed by atoms with Crippen molar-refractivity contribution >= 4 is 5.91 Å². The van der Waals surface area contributed by atoms with Gasteiger partial charge in [0.2, 0.25) is 5.91 Å². The Morgan fingerprint density at radius 2 is 2.23 bits per heavy atom. The van der Waals surface area contributed by atoms with Gasteiger partial charge in [0.1, 0.15) is 0 Å². The fourth-order valence-electron chi connectivity index (χ4n) is 1.52. The van der Waals surface area contributed by atoms with Crippen molar-refractivity contribution in [1.29, 1.82) is 0 Å². The van der Waals surface area contributed by atoms with Crippen molar-refractivity contribution in [1.82, 2.24) is 4.90 Å². The lowest BCUT2D eigenvalue weighted by molar-refractivity contribution is -0.131. The maximum Gasteiger partial charge on any atom is 0.224 e. The molecule has 1 atom stereocenters. The molecule has 4 nitrogen and oxygen atoms in total. The molecule has 0 saturated carbocycles. The standard InChI is InChI=1S/C9H19N3O/c1-9(2,11)5-8(13)12-4-3-7(10)6-12/h7H,3-6,10-11H2,1-2H3. The third-order valence-electron chi connectivity index (χ3n) is 2.18. The fraction of sp³-hybridized carbons (Fsp3) is 0.889. The largest absolute Gasteiger partial charge is 0.341 e. The Kier molecular flexibility index (Phi) is 2.93. The van der Waals surface area contributed by atoms with E-state index in [0.717, 1.165) is 13.0 Å². The van der Waals surface area contributed by atoms with Gasteiger partial charge in [0.15, 0.2) is 0 Å². The van der Waals surface area contributed by atoms with Gasteiger partial charge in [0, 0.05) is 31.1 Å². The fourth-order valence-corrected chi connectivity index (χ4v) is 1.52.